The minimum absolute atomic E-state index is 0.246. The van der Waals surface area contributed by atoms with E-state index in [0.29, 0.717) is 5.78 Å². The highest BCUT2D eigenvalue weighted by molar-refractivity contribution is 5.96. The first-order chi connectivity index (χ1) is 7.72. The Morgan fingerprint density at radius 1 is 1.44 bits per heavy atom. The molecular weight excluding hydrogens is 200 g/mol. The molecule has 0 saturated heterocycles. The van der Waals surface area contributed by atoms with E-state index in [-0.39, 0.29) is 5.92 Å². The van der Waals surface area contributed by atoms with Gasteiger partial charge in [-0.15, -0.1) is 0 Å². The summed E-state index contributed by atoms with van der Waals surface area (Å²) in [5, 5.41) is 4.34. The molecule has 0 aliphatic heterocycles. The lowest BCUT2D eigenvalue weighted by Crippen LogP contribution is -2.21. The lowest BCUT2D eigenvalue weighted by molar-refractivity contribution is 0.0878. The molecule has 1 aliphatic carbocycles. The van der Waals surface area contributed by atoms with E-state index in [1.165, 1.54) is 19.3 Å². The Kier molecular flexibility index (Phi) is 3.42. The third-order valence-electron chi connectivity index (χ3n) is 3.43. The van der Waals surface area contributed by atoms with Gasteiger partial charge in [0, 0.05) is 12.5 Å². The molecule has 1 fully saturated rings. The average molecular weight is 220 g/mol. The molecule has 88 valence electrons. The van der Waals surface area contributed by atoms with Gasteiger partial charge in [-0.05, 0) is 32.8 Å². The maximum absolute atomic E-state index is 12.3. The zero-order valence-electron chi connectivity index (χ0n) is 10.2. The van der Waals surface area contributed by atoms with E-state index >= 15 is 0 Å². The molecule has 1 aromatic heterocycles. The molecule has 0 unspecified atom stereocenters. The number of Topliss-reactive ketones (excluding diaryl/α,β-unsaturated/α-hetero) is 1. The largest absolute Gasteiger partial charge is 0.292 e. The number of rotatable bonds is 3. The van der Waals surface area contributed by atoms with E-state index in [2.05, 4.69) is 5.10 Å². The third kappa shape index (κ3) is 2.18. The van der Waals surface area contributed by atoms with Crippen molar-refractivity contribution in [2.45, 2.75) is 52.5 Å². The van der Waals surface area contributed by atoms with E-state index < -0.39 is 0 Å². The molecule has 0 N–H and O–H groups in total. The topological polar surface area (TPSA) is 34.9 Å². The number of aromatic nitrogens is 2. The second kappa shape index (κ2) is 4.81. The van der Waals surface area contributed by atoms with Crippen LogP contribution in [-0.2, 0) is 6.54 Å². The summed E-state index contributed by atoms with van der Waals surface area (Å²) in [5.41, 5.74) is 1.76. The van der Waals surface area contributed by atoms with Crippen molar-refractivity contribution in [2.24, 2.45) is 5.92 Å². The molecular formula is C13H20N2O. The maximum atomic E-state index is 12.3. The number of carbonyl (C=O) groups is 1. The number of hydrogen-bond acceptors (Lipinski definition) is 2. The summed E-state index contributed by atoms with van der Waals surface area (Å²) in [4.78, 5) is 12.3. The molecule has 0 atom stereocenters. The molecule has 0 amide bonds. The second-order valence-corrected chi connectivity index (χ2v) is 4.69. The van der Waals surface area contributed by atoms with Gasteiger partial charge in [0.05, 0.1) is 5.69 Å². The number of ketones is 1. The smallest absolute Gasteiger partial charge is 0.183 e. The molecule has 0 spiro atoms. The second-order valence-electron chi connectivity index (χ2n) is 4.69. The van der Waals surface area contributed by atoms with Gasteiger partial charge in [0.1, 0.15) is 5.69 Å². The quantitative estimate of drug-likeness (QED) is 0.734. The Hall–Kier alpha value is -1.12. The maximum Gasteiger partial charge on any atom is 0.183 e. The molecule has 1 heterocycles. The normalized spacial score (nSPS) is 17.6. The Morgan fingerprint density at radius 3 is 2.75 bits per heavy atom. The predicted octanol–water partition coefficient (Wildman–Crippen LogP) is 2.97. The minimum Gasteiger partial charge on any atom is -0.292 e. The predicted molar refractivity (Wildman–Crippen MR) is 63.5 cm³/mol. The van der Waals surface area contributed by atoms with E-state index in [0.717, 1.165) is 30.8 Å². The highest BCUT2D eigenvalue weighted by Crippen LogP contribution is 2.27. The van der Waals surface area contributed by atoms with Crippen LogP contribution < -0.4 is 0 Å². The van der Waals surface area contributed by atoms with Crippen molar-refractivity contribution in [3.8, 4) is 0 Å². The SMILES string of the molecule is CCn1nc(C)cc1C(=O)C1CCCCC1. The van der Waals surface area contributed by atoms with Crippen molar-refractivity contribution in [3.05, 3.63) is 17.5 Å². The van der Waals surface area contributed by atoms with Crippen LogP contribution in [0.4, 0.5) is 0 Å². The summed E-state index contributed by atoms with van der Waals surface area (Å²) in [6.45, 7) is 4.76. The van der Waals surface area contributed by atoms with E-state index in [4.69, 9.17) is 0 Å². The van der Waals surface area contributed by atoms with Crippen molar-refractivity contribution in [3.63, 3.8) is 0 Å². The summed E-state index contributed by atoms with van der Waals surface area (Å²) in [6, 6.07) is 1.93. The molecule has 0 radical (unpaired) electrons. The zero-order valence-corrected chi connectivity index (χ0v) is 10.2. The van der Waals surface area contributed by atoms with Gasteiger partial charge in [-0.1, -0.05) is 19.3 Å². The molecule has 16 heavy (non-hydrogen) atoms. The molecule has 3 nitrogen and oxygen atoms in total. The fourth-order valence-electron chi connectivity index (χ4n) is 2.56. The van der Waals surface area contributed by atoms with Crippen LogP contribution in [0.25, 0.3) is 0 Å². The van der Waals surface area contributed by atoms with Crippen LogP contribution in [0, 0.1) is 12.8 Å². The van der Waals surface area contributed by atoms with Gasteiger partial charge in [-0.2, -0.15) is 5.10 Å². The highest BCUT2D eigenvalue weighted by Gasteiger charge is 2.24. The highest BCUT2D eigenvalue weighted by atomic mass is 16.1. The molecule has 0 aromatic carbocycles. The number of carbonyl (C=O) groups excluding carboxylic acids is 1. The average Bonchev–Trinajstić information content (AvgIpc) is 2.70. The van der Waals surface area contributed by atoms with Gasteiger partial charge in [-0.25, -0.2) is 0 Å². The van der Waals surface area contributed by atoms with Gasteiger partial charge < -0.3 is 0 Å². The van der Waals surface area contributed by atoms with Crippen LogP contribution in [0.3, 0.4) is 0 Å². The fourth-order valence-corrected chi connectivity index (χ4v) is 2.56. The van der Waals surface area contributed by atoms with Crippen LogP contribution in [-0.4, -0.2) is 15.6 Å². The number of nitrogens with zero attached hydrogens (tertiary/aromatic N) is 2. The molecule has 3 heteroatoms. The van der Waals surface area contributed by atoms with Gasteiger partial charge >= 0.3 is 0 Å². The lowest BCUT2D eigenvalue weighted by Gasteiger charge is -2.20. The molecule has 2 rings (SSSR count). The Bertz CT molecular complexity index is 375. The third-order valence-corrected chi connectivity index (χ3v) is 3.43. The standard InChI is InChI=1S/C13H20N2O/c1-3-15-12(9-10(2)14-15)13(16)11-7-5-4-6-8-11/h9,11H,3-8H2,1-2H3. The summed E-state index contributed by atoms with van der Waals surface area (Å²) in [7, 11) is 0. The van der Waals surface area contributed by atoms with Crippen molar-refractivity contribution < 1.29 is 4.79 Å². The summed E-state index contributed by atoms with van der Waals surface area (Å²) >= 11 is 0. The zero-order chi connectivity index (χ0) is 11.5. The first-order valence-corrected chi connectivity index (χ1v) is 6.31. The van der Waals surface area contributed by atoms with Gasteiger partial charge in [0.15, 0.2) is 5.78 Å². The number of aryl methyl sites for hydroxylation is 2. The fraction of sp³-hybridized carbons (Fsp3) is 0.692. The Labute approximate surface area is 96.8 Å². The first-order valence-electron chi connectivity index (χ1n) is 6.31. The van der Waals surface area contributed by atoms with Crippen LogP contribution in [0.5, 0.6) is 0 Å². The summed E-state index contributed by atoms with van der Waals surface area (Å²) < 4.78 is 1.84. The summed E-state index contributed by atoms with van der Waals surface area (Å²) in [5.74, 6) is 0.553. The molecule has 1 saturated carbocycles. The van der Waals surface area contributed by atoms with E-state index in [9.17, 15) is 4.79 Å². The lowest BCUT2D eigenvalue weighted by atomic mass is 9.85. The van der Waals surface area contributed by atoms with Crippen LogP contribution in [0.1, 0.15) is 55.2 Å². The van der Waals surface area contributed by atoms with Crippen LogP contribution in [0.2, 0.25) is 0 Å². The molecule has 1 aliphatic rings. The van der Waals surface area contributed by atoms with Crippen molar-refractivity contribution in [1.29, 1.82) is 0 Å². The minimum atomic E-state index is 0.246. The monoisotopic (exact) mass is 220 g/mol. The molecule has 0 bridgehead atoms. The van der Waals surface area contributed by atoms with Crippen LogP contribution >= 0.6 is 0 Å². The molecule has 1 aromatic rings. The van der Waals surface area contributed by atoms with Gasteiger partial charge in [-0.3, -0.25) is 9.48 Å². The Morgan fingerprint density at radius 2 is 2.12 bits per heavy atom. The van der Waals surface area contributed by atoms with Crippen molar-refractivity contribution in [2.75, 3.05) is 0 Å². The number of hydrogen-bond donors (Lipinski definition) is 0. The van der Waals surface area contributed by atoms with Gasteiger partial charge in [0.25, 0.3) is 0 Å². The van der Waals surface area contributed by atoms with Crippen LogP contribution in [0.15, 0.2) is 6.07 Å². The van der Waals surface area contributed by atoms with Crippen molar-refractivity contribution in [1.82, 2.24) is 9.78 Å². The first kappa shape index (κ1) is 11.4. The van der Waals surface area contributed by atoms with E-state index in [1.807, 2.05) is 24.6 Å². The Balaban J connectivity index is 2.18. The summed E-state index contributed by atoms with van der Waals surface area (Å²) in [6.07, 6.45) is 5.82. The van der Waals surface area contributed by atoms with Gasteiger partial charge in [0.2, 0.25) is 0 Å². The van der Waals surface area contributed by atoms with E-state index in [1.54, 1.807) is 0 Å². The van der Waals surface area contributed by atoms with Crippen molar-refractivity contribution >= 4 is 5.78 Å².